The van der Waals surface area contributed by atoms with Gasteiger partial charge in [-0.25, -0.2) is 9.69 Å². The van der Waals surface area contributed by atoms with E-state index in [1.807, 2.05) is 0 Å². The first-order chi connectivity index (χ1) is 5.20. The molecule has 1 saturated heterocycles. The van der Waals surface area contributed by atoms with Crippen molar-refractivity contribution in [3.8, 4) is 0 Å². The zero-order valence-electron chi connectivity index (χ0n) is 5.99. The van der Waals surface area contributed by atoms with Crippen LogP contribution < -0.4 is 0 Å². The van der Waals surface area contributed by atoms with Gasteiger partial charge in [0.25, 0.3) is 5.91 Å². The lowest BCUT2D eigenvalue weighted by atomic mass is 10.6. The monoisotopic (exact) mass is 152 g/mol. The molecule has 0 aromatic carbocycles. The highest BCUT2D eigenvalue weighted by atomic mass is 16.2. The molecule has 0 N–H and O–H groups in total. The summed E-state index contributed by atoms with van der Waals surface area (Å²) in [6, 6.07) is -0.389. The molecule has 0 spiro atoms. The van der Waals surface area contributed by atoms with Crippen LogP contribution in [0.25, 0.3) is 0 Å². The summed E-state index contributed by atoms with van der Waals surface area (Å²) >= 11 is 0. The Kier molecular flexibility index (Phi) is 1.76. The highest BCUT2D eigenvalue weighted by molar-refractivity contribution is 6.03. The van der Waals surface area contributed by atoms with Crippen LogP contribution >= 0.6 is 0 Å². The Morgan fingerprint density at radius 3 is 2.18 bits per heavy atom. The van der Waals surface area contributed by atoms with Gasteiger partial charge in [0.05, 0.1) is 0 Å². The highest BCUT2D eigenvalue weighted by Gasteiger charge is 2.32. The minimum absolute atomic E-state index is 0.0638. The third kappa shape index (κ3) is 1.02. The second-order valence-corrected chi connectivity index (χ2v) is 2.04. The Balaban J connectivity index is 2.86. The lowest BCUT2D eigenvalue weighted by Gasteiger charge is -2.07. The van der Waals surface area contributed by atoms with Crippen molar-refractivity contribution in [2.45, 2.75) is 0 Å². The summed E-state index contributed by atoms with van der Waals surface area (Å²) in [7, 11) is 0. The summed E-state index contributed by atoms with van der Waals surface area (Å²) in [4.78, 5) is 24.2. The van der Waals surface area contributed by atoms with Crippen molar-refractivity contribution in [2.24, 2.45) is 0 Å². The Bertz CT molecular complexity index is 235. The number of carbonyl (C=O) groups excluding carboxylic acids is 2. The molecule has 1 fully saturated rings. The van der Waals surface area contributed by atoms with Gasteiger partial charge in [-0.15, -0.1) is 0 Å². The standard InChI is InChI=1S/C7H8N2O2/c1-3-8-5-6(10)9(4-2)7(8)11/h3-4H,1-2,5H2. The molecule has 4 nitrogen and oxygen atoms in total. The molecule has 58 valence electrons. The minimum Gasteiger partial charge on any atom is -0.291 e. The fraction of sp³-hybridized carbons (Fsp3) is 0.143. The zero-order valence-corrected chi connectivity index (χ0v) is 5.99. The van der Waals surface area contributed by atoms with E-state index in [0.29, 0.717) is 0 Å². The maximum absolute atomic E-state index is 11.1. The number of nitrogens with zero attached hydrogens (tertiary/aromatic N) is 2. The molecule has 1 rings (SSSR count). The van der Waals surface area contributed by atoms with Gasteiger partial charge >= 0.3 is 6.03 Å². The molecule has 0 aromatic heterocycles. The first-order valence-corrected chi connectivity index (χ1v) is 3.08. The number of rotatable bonds is 2. The highest BCUT2D eigenvalue weighted by Crippen LogP contribution is 2.09. The van der Waals surface area contributed by atoms with Gasteiger partial charge in [0.1, 0.15) is 6.54 Å². The summed E-state index contributed by atoms with van der Waals surface area (Å²) in [5.74, 6) is -0.273. The van der Waals surface area contributed by atoms with Gasteiger partial charge in [0, 0.05) is 12.4 Å². The van der Waals surface area contributed by atoms with Gasteiger partial charge in [-0.2, -0.15) is 0 Å². The fourth-order valence-corrected chi connectivity index (χ4v) is 0.857. The summed E-state index contributed by atoms with van der Waals surface area (Å²) < 4.78 is 0. The van der Waals surface area contributed by atoms with Crippen molar-refractivity contribution >= 4 is 11.9 Å². The lowest BCUT2D eigenvalue weighted by molar-refractivity contribution is -0.123. The van der Waals surface area contributed by atoms with Crippen LogP contribution in [0.5, 0.6) is 0 Å². The lowest BCUT2D eigenvalue weighted by Crippen LogP contribution is -2.25. The second kappa shape index (κ2) is 2.57. The van der Waals surface area contributed by atoms with E-state index in [0.717, 1.165) is 4.90 Å². The Hall–Kier alpha value is -1.58. The molecule has 4 heteroatoms. The molecule has 0 saturated carbocycles. The van der Waals surface area contributed by atoms with E-state index in [9.17, 15) is 9.59 Å². The maximum Gasteiger partial charge on any atom is 0.335 e. The quantitative estimate of drug-likeness (QED) is 0.542. The normalized spacial score (nSPS) is 17.5. The van der Waals surface area contributed by atoms with E-state index in [2.05, 4.69) is 13.2 Å². The van der Waals surface area contributed by atoms with Crippen molar-refractivity contribution in [3.05, 3.63) is 25.6 Å². The molecule has 11 heavy (non-hydrogen) atoms. The number of hydrogen-bond donors (Lipinski definition) is 0. The van der Waals surface area contributed by atoms with Crippen LogP contribution in [0.2, 0.25) is 0 Å². The molecule has 0 radical (unpaired) electrons. The molecule has 0 unspecified atom stereocenters. The minimum atomic E-state index is -0.389. The van der Waals surface area contributed by atoms with Crippen molar-refractivity contribution in [1.82, 2.24) is 9.80 Å². The first-order valence-electron chi connectivity index (χ1n) is 3.08. The molecule has 1 aliphatic rings. The predicted molar refractivity (Wildman–Crippen MR) is 39.3 cm³/mol. The van der Waals surface area contributed by atoms with Crippen LogP contribution in [0.4, 0.5) is 4.79 Å². The number of imide groups is 1. The van der Waals surface area contributed by atoms with Crippen molar-refractivity contribution in [3.63, 3.8) is 0 Å². The molecule has 3 amide bonds. The van der Waals surface area contributed by atoms with Crippen LogP contribution in [0, 0.1) is 0 Å². The molecular formula is C7H8N2O2. The molecule has 0 atom stereocenters. The summed E-state index contributed by atoms with van der Waals surface area (Å²) in [5.41, 5.74) is 0. The zero-order chi connectivity index (χ0) is 8.43. The average molecular weight is 152 g/mol. The van der Waals surface area contributed by atoms with Crippen LogP contribution in [0.3, 0.4) is 0 Å². The second-order valence-electron chi connectivity index (χ2n) is 2.04. The predicted octanol–water partition coefficient (Wildman–Crippen LogP) is 0.538. The van der Waals surface area contributed by atoms with Crippen LogP contribution in [-0.2, 0) is 4.79 Å². The summed E-state index contributed by atoms with van der Waals surface area (Å²) in [6.07, 6.45) is 2.53. The maximum atomic E-state index is 11.1. The van der Waals surface area contributed by atoms with Crippen molar-refractivity contribution in [2.75, 3.05) is 6.54 Å². The summed E-state index contributed by atoms with van der Waals surface area (Å²) in [6.45, 7) is 6.79. The molecule has 1 aliphatic heterocycles. The van der Waals surface area contributed by atoms with E-state index in [1.54, 1.807) is 0 Å². The van der Waals surface area contributed by atoms with Crippen LogP contribution in [0.15, 0.2) is 25.6 Å². The van der Waals surface area contributed by atoms with Gasteiger partial charge in [-0.3, -0.25) is 9.69 Å². The van der Waals surface area contributed by atoms with E-state index >= 15 is 0 Å². The number of urea groups is 1. The van der Waals surface area contributed by atoms with E-state index in [4.69, 9.17) is 0 Å². The summed E-state index contributed by atoms with van der Waals surface area (Å²) in [5, 5.41) is 0. The average Bonchev–Trinajstić information content (AvgIpc) is 2.26. The van der Waals surface area contributed by atoms with Crippen molar-refractivity contribution < 1.29 is 9.59 Å². The van der Waals surface area contributed by atoms with Crippen molar-refractivity contribution in [1.29, 1.82) is 0 Å². The molecule has 0 aliphatic carbocycles. The van der Waals surface area contributed by atoms with Gasteiger partial charge in [0.15, 0.2) is 0 Å². The van der Waals surface area contributed by atoms with Crippen LogP contribution in [0.1, 0.15) is 0 Å². The van der Waals surface area contributed by atoms with E-state index in [1.165, 1.54) is 17.3 Å². The van der Waals surface area contributed by atoms with Gasteiger partial charge in [-0.05, 0) is 0 Å². The molecular weight excluding hydrogens is 144 g/mol. The molecule has 0 bridgehead atoms. The Morgan fingerprint density at radius 1 is 1.27 bits per heavy atom. The number of hydrogen-bond acceptors (Lipinski definition) is 2. The van der Waals surface area contributed by atoms with Gasteiger partial charge < -0.3 is 0 Å². The smallest absolute Gasteiger partial charge is 0.291 e. The van der Waals surface area contributed by atoms with Crippen LogP contribution in [-0.4, -0.2) is 28.3 Å². The topological polar surface area (TPSA) is 40.6 Å². The third-order valence-corrected chi connectivity index (χ3v) is 1.43. The number of amides is 3. The molecule has 1 heterocycles. The van der Waals surface area contributed by atoms with E-state index < -0.39 is 0 Å². The first kappa shape index (κ1) is 7.53. The Morgan fingerprint density at radius 2 is 1.91 bits per heavy atom. The van der Waals surface area contributed by atoms with Gasteiger partial charge in [0.2, 0.25) is 0 Å². The number of carbonyl (C=O) groups is 2. The molecule has 0 aromatic rings. The fourth-order valence-electron chi connectivity index (χ4n) is 0.857. The third-order valence-electron chi connectivity index (χ3n) is 1.43. The SMILES string of the molecule is C=CN1CC(=O)N(C=C)C1=O. The van der Waals surface area contributed by atoms with E-state index in [-0.39, 0.29) is 18.5 Å². The Labute approximate surface area is 64.4 Å². The van der Waals surface area contributed by atoms with Gasteiger partial charge in [-0.1, -0.05) is 13.2 Å². The largest absolute Gasteiger partial charge is 0.335 e.